The average molecular weight is 392 g/mol. The lowest BCUT2D eigenvalue weighted by Crippen LogP contribution is -2.30. The standard InChI is InChI=1S/C22H21FN4O2/c23-18-10-16(1-2-19(18)25)29-21-5-8-27-20-11-22(15(12-24)9-17(20)21)28-13-14-3-6-26-7-4-14/h1-2,5,8-11,14,26H,3-4,6-7,13,25H2. The Kier molecular flexibility index (Phi) is 5.45. The Labute approximate surface area is 168 Å². The minimum Gasteiger partial charge on any atom is -0.492 e. The molecule has 29 heavy (non-hydrogen) atoms. The Morgan fingerprint density at radius 1 is 1.17 bits per heavy atom. The van der Waals surface area contributed by atoms with Gasteiger partial charge in [-0.1, -0.05) is 0 Å². The summed E-state index contributed by atoms with van der Waals surface area (Å²) in [5.74, 6) is 1.23. The van der Waals surface area contributed by atoms with Gasteiger partial charge >= 0.3 is 0 Å². The molecule has 148 valence electrons. The number of rotatable bonds is 5. The Bertz CT molecular complexity index is 1070. The number of ether oxygens (including phenoxy) is 2. The van der Waals surface area contributed by atoms with Gasteiger partial charge in [0.1, 0.15) is 29.1 Å². The van der Waals surface area contributed by atoms with Crippen molar-refractivity contribution in [3.8, 4) is 23.3 Å². The maximum Gasteiger partial charge on any atom is 0.149 e. The van der Waals surface area contributed by atoms with Gasteiger partial charge in [0.15, 0.2) is 0 Å². The van der Waals surface area contributed by atoms with Crippen molar-refractivity contribution in [2.45, 2.75) is 12.8 Å². The third-order valence-corrected chi connectivity index (χ3v) is 5.06. The molecule has 3 N–H and O–H groups in total. The van der Waals surface area contributed by atoms with Crippen LogP contribution < -0.4 is 20.5 Å². The quantitative estimate of drug-likeness (QED) is 0.638. The molecule has 6 nitrogen and oxygen atoms in total. The maximum atomic E-state index is 13.7. The van der Waals surface area contributed by atoms with E-state index >= 15 is 0 Å². The second-order valence-corrected chi connectivity index (χ2v) is 7.08. The van der Waals surface area contributed by atoms with E-state index in [4.69, 9.17) is 15.2 Å². The molecule has 2 heterocycles. The van der Waals surface area contributed by atoms with Gasteiger partial charge in [-0.2, -0.15) is 5.26 Å². The number of hydrogen-bond acceptors (Lipinski definition) is 6. The van der Waals surface area contributed by atoms with Crippen molar-refractivity contribution >= 4 is 16.6 Å². The fourth-order valence-electron chi connectivity index (χ4n) is 3.40. The van der Waals surface area contributed by atoms with Gasteiger partial charge in [-0.05, 0) is 56.1 Å². The SMILES string of the molecule is N#Cc1cc2c(Oc3ccc(N)c(F)c3)ccnc2cc1OCC1CCNCC1. The van der Waals surface area contributed by atoms with E-state index in [0.29, 0.717) is 46.2 Å². The predicted octanol–water partition coefficient (Wildman–Crippen LogP) is 4.00. The number of nitrogens with two attached hydrogens (primary N) is 1. The maximum absolute atomic E-state index is 13.7. The van der Waals surface area contributed by atoms with Crippen LogP contribution in [-0.2, 0) is 0 Å². The Hall–Kier alpha value is -3.37. The first kappa shape index (κ1) is 19.0. The van der Waals surface area contributed by atoms with E-state index in [2.05, 4.69) is 16.4 Å². The summed E-state index contributed by atoms with van der Waals surface area (Å²) >= 11 is 0. The van der Waals surface area contributed by atoms with Crippen LogP contribution in [0.5, 0.6) is 17.2 Å². The number of pyridine rings is 1. The summed E-state index contributed by atoms with van der Waals surface area (Å²) in [7, 11) is 0. The largest absolute Gasteiger partial charge is 0.492 e. The Morgan fingerprint density at radius 2 is 2.00 bits per heavy atom. The number of nitriles is 1. The number of hydrogen-bond donors (Lipinski definition) is 2. The first-order valence-corrected chi connectivity index (χ1v) is 9.53. The van der Waals surface area contributed by atoms with E-state index in [0.717, 1.165) is 25.9 Å². The molecule has 1 aliphatic rings. The molecular formula is C22H21FN4O2. The van der Waals surface area contributed by atoms with E-state index in [9.17, 15) is 9.65 Å². The highest BCUT2D eigenvalue weighted by molar-refractivity contribution is 5.88. The summed E-state index contributed by atoms with van der Waals surface area (Å²) in [6, 6.07) is 11.6. The zero-order chi connectivity index (χ0) is 20.2. The number of nitrogens with zero attached hydrogens (tertiary/aromatic N) is 2. The molecule has 0 spiro atoms. The van der Waals surface area contributed by atoms with Crippen molar-refractivity contribution in [1.82, 2.24) is 10.3 Å². The van der Waals surface area contributed by atoms with E-state index in [1.165, 1.54) is 12.1 Å². The van der Waals surface area contributed by atoms with Gasteiger partial charge in [-0.3, -0.25) is 4.98 Å². The minimum absolute atomic E-state index is 0.0549. The minimum atomic E-state index is -0.549. The van der Waals surface area contributed by atoms with Gasteiger partial charge in [0, 0.05) is 23.7 Å². The zero-order valence-electron chi connectivity index (χ0n) is 15.8. The van der Waals surface area contributed by atoms with Gasteiger partial charge in [0.2, 0.25) is 0 Å². The Morgan fingerprint density at radius 3 is 2.76 bits per heavy atom. The van der Waals surface area contributed by atoms with Crippen LogP contribution in [0.4, 0.5) is 10.1 Å². The molecule has 1 saturated heterocycles. The van der Waals surface area contributed by atoms with Crippen molar-refractivity contribution in [2.24, 2.45) is 5.92 Å². The van der Waals surface area contributed by atoms with Gasteiger partial charge in [0.25, 0.3) is 0 Å². The van der Waals surface area contributed by atoms with E-state index in [1.807, 2.05) is 0 Å². The number of piperidine rings is 1. The van der Waals surface area contributed by atoms with Crippen LogP contribution in [-0.4, -0.2) is 24.7 Å². The number of fused-ring (bicyclic) bond motifs is 1. The number of nitrogen functional groups attached to an aromatic ring is 1. The molecule has 0 amide bonds. The van der Waals surface area contributed by atoms with E-state index < -0.39 is 5.82 Å². The van der Waals surface area contributed by atoms with E-state index in [-0.39, 0.29) is 5.69 Å². The molecule has 7 heteroatoms. The van der Waals surface area contributed by atoms with Crippen LogP contribution in [0.15, 0.2) is 42.6 Å². The van der Waals surface area contributed by atoms with Crippen molar-refractivity contribution in [3.05, 3.63) is 54.0 Å². The fraction of sp³-hybridized carbons (Fsp3) is 0.273. The highest BCUT2D eigenvalue weighted by atomic mass is 19.1. The van der Waals surface area contributed by atoms with Crippen molar-refractivity contribution < 1.29 is 13.9 Å². The molecule has 1 aromatic heterocycles. The summed E-state index contributed by atoms with van der Waals surface area (Å²) in [6.07, 6.45) is 3.72. The number of halogens is 1. The van der Waals surface area contributed by atoms with Crippen LogP contribution in [0.25, 0.3) is 10.9 Å². The summed E-state index contributed by atoms with van der Waals surface area (Å²) in [4.78, 5) is 4.37. The zero-order valence-corrected chi connectivity index (χ0v) is 15.8. The van der Waals surface area contributed by atoms with Crippen LogP contribution >= 0.6 is 0 Å². The second kappa shape index (κ2) is 8.33. The molecule has 0 bridgehead atoms. The number of nitrogens with one attached hydrogen (secondary N) is 1. The van der Waals surface area contributed by atoms with Crippen molar-refractivity contribution in [1.29, 1.82) is 5.26 Å². The third-order valence-electron chi connectivity index (χ3n) is 5.06. The lowest BCUT2D eigenvalue weighted by molar-refractivity contribution is 0.215. The lowest BCUT2D eigenvalue weighted by atomic mass is 9.99. The second-order valence-electron chi connectivity index (χ2n) is 7.08. The van der Waals surface area contributed by atoms with Crippen molar-refractivity contribution in [3.63, 3.8) is 0 Å². The third kappa shape index (κ3) is 4.23. The summed E-state index contributed by atoms with van der Waals surface area (Å²) in [6.45, 7) is 2.55. The molecule has 0 saturated carbocycles. The highest BCUT2D eigenvalue weighted by Gasteiger charge is 2.16. The lowest BCUT2D eigenvalue weighted by Gasteiger charge is -2.23. The van der Waals surface area contributed by atoms with Crippen LogP contribution in [0.2, 0.25) is 0 Å². The summed E-state index contributed by atoms with van der Waals surface area (Å²) < 4.78 is 25.5. The smallest absolute Gasteiger partial charge is 0.149 e. The monoisotopic (exact) mass is 392 g/mol. The van der Waals surface area contributed by atoms with Gasteiger partial charge in [-0.15, -0.1) is 0 Å². The molecule has 3 aromatic rings. The predicted molar refractivity (Wildman–Crippen MR) is 108 cm³/mol. The van der Waals surface area contributed by atoms with Crippen LogP contribution in [0.3, 0.4) is 0 Å². The first-order chi connectivity index (χ1) is 14.1. The summed E-state index contributed by atoms with van der Waals surface area (Å²) in [5, 5.41) is 13.6. The van der Waals surface area contributed by atoms with Gasteiger partial charge in [-0.25, -0.2) is 4.39 Å². The highest BCUT2D eigenvalue weighted by Crippen LogP contribution is 2.34. The van der Waals surface area contributed by atoms with Crippen molar-refractivity contribution in [2.75, 3.05) is 25.4 Å². The first-order valence-electron chi connectivity index (χ1n) is 9.53. The molecule has 0 radical (unpaired) electrons. The molecule has 1 fully saturated rings. The Balaban J connectivity index is 1.62. The number of benzene rings is 2. The molecular weight excluding hydrogens is 371 g/mol. The van der Waals surface area contributed by atoms with Crippen LogP contribution in [0, 0.1) is 23.1 Å². The topological polar surface area (TPSA) is 93.2 Å². The number of aromatic nitrogens is 1. The normalized spacial score (nSPS) is 14.5. The molecule has 4 rings (SSSR count). The van der Waals surface area contributed by atoms with Gasteiger partial charge in [0.05, 0.1) is 23.4 Å². The molecule has 2 aromatic carbocycles. The van der Waals surface area contributed by atoms with E-state index in [1.54, 1.807) is 30.5 Å². The molecule has 1 aliphatic heterocycles. The molecule has 0 aliphatic carbocycles. The van der Waals surface area contributed by atoms with Crippen LogP contribution in [0.1, 0.15) is 18.4 Å². The number of anilines is 1. The van der Waals surface area contributed by atoms with Gasteiger partial charge < -0.3 is 20.5 Å². The summed E-state index contributed by atoms with van der Waals surface area (Å²) in [5.41, 5.74) is 6.62. The fourth-order valence-corrected chi connectivity index (χ4v) is 3.40. The molecule has 0 unspecified atom stereocenters. The average Bonchev–Trinajstić information content (AvgIpc) is 2.75. The molecule has 0 atom stereocenters.